The van der Waals surface area contributed by atoms with Gasteiger partial charge in [0.1, 0.15) is 5.82 Å². The van der Waals surface area contributed by atoms with E-state index in [4.69, 9.17) is 9.72 Å². The van der Waals surface area contributed by atoms with Gasteiger partial charge in [-0.15, -0.1) is 0 Å². The van der Waals surface area contributed by atoms with Crippen molar-refractivity contribution in [2.45, 2.75) is 32.6 Å². The predicted octanol–water partition coefficient (Wildman–Crippen LogP) is 1.04. The molecule has 154 valence electrons. The Hall–Kier alpha value is -1.52. The van der Waals surface area contributed by atoms with E-state index < -0.39 is 10.2 Å². The van der Waals surface area contributed by atoms with Gasteiger partial charge in [0.05, 0.1) is 29.8 Å². The van der Waals surface area contributed by atoms with E-state index in [0.717, 1.165) is 23.4 Å². The van der Waals surface area contributed by atoms with Gasteiger partial charge in [0, 0.05) is 46.3 Å². The molecule has 2 aliphatic heterocycles. The van der Waals surface area contributed by atoms with E-state index in [1.807, 2.05) is 39.1 Å². The fourth-order valence-corrected chi connectivity index (χ4v) is 5.89. The fraction of sp³-hybridized carbons (Fsp3) is 0.632. The summed E-state index contributed by atoms with van der Waals surface area (Å²) in [5, 5.41) is 0. The molecule has 1 aromatic heterocycles. The number of para-hydroxylation sites is 2. The molecule has 0 radical (unpaired) electrons. The molecule has 2 aromatic rings. The summed E-state index contributed by atoms with van der Waals surface area (Å²) in [6, 6.07) is 8.11. The maximum atomic E-state index is 13.0. The van der Waals surface area contributed by atoms with Crippen LogP contribution in [0.5, 0.6) is 0 Å². The van der Waals surface area contributed by atoms with Crippen molar-refractivity contribution in [1.29, 1.82) is 0 Å². The van der Waals surface area contributed by atoms with Crippen LogP contribution in [0, 0.1) is 0 Å². The SMILES string of the molecule is CC1CN(S(=O)(=O)N2CCN(Cc3nc4ccccc4n3C)CC2)CC(C)O1. The number of piperazine rings is 1. The first-order chi connectivity index (χ1) is 13.3. The lowest BCUT2D eigenvalue weighted by atomic mass is 10.3. The number of hydrogen-bond donors (Lipinski definition) is 0. The molecule has 8 nitrogen and oxygen atoms in total. The monoisotopic (exact) mass is 407 g/mol. The van der Waals surface area contributed by atoms with Gasteiger partial charge in [0.25, 0.3) is 10.2 Å². The number of hydrogen-bond acceptors (Lipinski definition) is 5. The van der Waals surface area contributed by atoms with Crippen LogP contribution in [0.2, 0.25) is 0 Å². The van der Waals surface area contributed by atoms with Gasteiger partial charge >= 0.3 is 0 Å². The molecule has 4 rings (SSSR count). The van der Waals surface area contributed by atoms with E-state index >= 15 is 0 Å². The Morgan fingerprint density at radius 1 is 1.04 bits per heavy atom. The zero-order valence-electron chi connectivity index (χ0n) is 16.8. The van der Waals surface area contributed by atoms with Crippen molar-refractivity contribution in [2.24, 2.45) is 7.05 Å². The van der Waals surface area contributed by atoms with Crippen LogP contribution >= 0.6 is 0 Å². The summed E-state index contributed by atoms with van der Waals surface area (Å²) in [5.74, 6) is 1.01. The van der Waals surface area contributed by atoms with Crippen LogP contribution in [0.15, 0.2) is 24.3 Å². The van der Waals surface area contributed by atoms with Gasteiger partial charge < -0.3 is 9.30 Å². The number of ether oxygens (including phenoxy) is 1. The van der Waals surface area contributed by atoms with Crippen molar-refractivity contribution < 1.29 is 13.2 Å². The number of fused-ring (bicyclic) bond motifs is 1. The van der Waals surface area contributed by atoms with Gasteiger partial charge in [-0.25, -0.2) is 4.98 Å². The zero-order valence-corrected chi connectivity index (χ0v) is 17.6. The number of aromatic nitrogens is 2. The van der Waals surface area contributed by atoms with Gasteiger partial charge in [-0.3, -0.25) is 4.90 Å². The topological polar surface area (TPSA) is 70.9 Å². The van der Waals surface area contributed by atoms with Crippen LogP contribution in [0.1, 0.15) is 19.7 Å². The van der Waals surface area contributed by atoms with Crippen LogP contribution in [-0.4, -0.2) is 83.0 Å². The van der Waals surface area contributed by atoms with Crippen LogP contribution in [-0.2, 0) is 28.5 Å². The highest BCUT2D eigenvalue weighted by Crippen LogP contribution is 2.20. The van der Waals surface area contributed by atoms with Crippen molar-refractivity contribution in [3.05, 3.63) is 30.1 Å². The minimum atomic E-state index is -3.44. The molecule has 2 saturated heterocycles. The summed E-state index contributed by atoms with van der Waals surface area (Å²) in [6.45, 7) is 7.85. The van der Waals surface area contributed by atoms with E-state index in [1.165, 1.54) is 0 Å². The van der Waals surface area contributed by atoms with Crippen molar-refractivity contribution >= 4 is 21.2 Å². The highest BCUT2D eigenvalue weighted by atomic mass is 32.2. The Labute approximate surface area is 166 Å². The largest absolute Gasteiger partial charge is 0.373 e. The quantitative estimate of drug-likeness (QED) is 0.758. The molecule has 0 N–H and O–H groups in total. The molecule has 3 heterocycles. The zero-order chi connectivity index (χ0) is 19.9. The van der Waals surface area contributed by atoms with Crippen molar-refractivity contribution in [2.75, 3.05) is 39.3 Å². The van der Waals surface area contributed by atoms with E-state index in [1.54, 1.807) is 8.61 Å². The van der Waals surface area contributed by atoms with Crippen molar-refractivity contribution in [3.8, 4) is 0 Å². The number of nitrogens with zero attached hydrogens (tertiary/aromatic N) is 5. The van der Waals surface area contributed by atoms with Gasteiger partial charge in [-0.05, 0) is 26.0 Å². The summed E-state index contributed by atoms with van der Waals surface area (Å²) in [4.78, 5) is 7.01. The standard InChI is InChI=1S/C19H29N5O3S/c1-15-12-24(13-16(2)27-15)28(25,26)23-10-8-22(9-11-23)14-19-20-17-6-4-5-7-18(17)21(19)3/h4-7,15-16H,8-14H2,1-3H3. The Bertz CT molecular complexity index is 926. The van der Waals surface area contributed by atoms with E-state index in [2.05, 4.69) is 15.5 Å². The highest BCUT2D eigenvalue weighted by molar-refractivity contribution is 7.86. The lowest BCUT2D eigenvalue weighted by Gasteiger charge is -2.40. The smallest absolute Gasteiger partial charge is 0.282 e. The molecule has 0 aliphatic carbocycles. The van der Waals surface area contributed by atoms with Crippen molar-refractivity contribution in [3.63, 3.8) is 0 Å². The third kappa shape index (κ3) is 3.81. The first-order valence-electron chi connectivity index (χ1n) is 9.88. The first kappa shape index (κ1) is 19.8. The maximum absolute atomic E-state index is 13.0. The van der Waals surface area contributed by atoms with Crippen molar-refractivity contribution in [1.82, 2.24) is 23.1 Å². The van der Waals surface area contributed by atoms with Gasteiger partial charge in [0.15, 0.2) is 0 Å². The Kier molecular flexibility index (Phi) is 5.45. The summed E-state index contributed by atoms with van der Waals surface area (Å²) in [5.41, 5.74) is 2.12. The molecule has 2 aliphatic rings. The van der Waals surface area contributed by atoms with Crippen LogP contribution in [0.3, 0.4) is 0 Å². The molecule has 1 aromatic carbocycles. The van der Waals surface area contributed by atoms with E-state index in [0.29, 0.717) is 39.3 Å². The molecule has 2 atom stereocenters. The van der Waals surface area contributed by atoms with Gasteiger partial charge in [0.2, 0.25) is 0 Å². The molecule has 9 heteroatoms. The second kappa shape index (κ2) is 7.72. The summed E-state index contributed by atoms with van der Waals surface area (Å²) < 4.78 is 37.0. The number of morpholine rings is 1. The minimum Gasteiger partial charge on any atom is -0.373 e. The fourth-order valence-electron chi connectivity index (χ4n) is 4.14. The molecule has 0 amide bonds. The second-order valence-electron chi connectivity index (χ2n) is 7.83. The number of imidazole rings is 1. The van der Waals surface area contributed by atoms with Gasteiger partial charge in [-0.2, -0.15) is 17.0 Å². The van der Waals surface area contributed by atoms with Crippen LogP contribution < -0.4 is 0 Å². The number of aryl methyl sites for hydroxylation is 1. The Morgan fingerprint density at radius 2 is 1.68 bits per heavy atom. The lowest BCUT2D eigenvalue weighted by molar-refractivity contribution is -0.0457. The molecule has 2 fully saturated rings. The minimum absolute atomic E-state index is 0.0719. The second-order valence-corrected chi connectivity index (χ2v) is 9.76. The lowest BCUT2D eigenvalue weighted by Crippen LogP contribution is -2.57. The van der Waals surface area contributed by atoms with Gasteiger partial charge in [-0.1, -0.05) is 12.1 Å². The summed E-state index contributed by atoms with van der Waals surface area (Å²) >= 11 is 0. The average molecular weight is 408 g/mol. The Morgan fingerprint density at radius 3 is 2.32 bits per heavy atom. The summed E-state index contributed by atoms with van der Waals surface area (Å²) in [7, 11) is -1.40. The number of benzene rings is 1. The maximum Gasteiger partial charge on any atom is 0.282 e. The molecule has 0 spiro atoms. The van der Waals surface area contributed by atoms with E-state index in [-0.39, 0.29) is 12.2 Å². The average Bonchev–Trinajstić information content (AvgIpc) is 2.97. The molecular weight excluding hydrogens is 378 g/mol. The molecule has 2 unspecified atom stereocenters. The van der Waals surface area contributed by atoms with Crippen LogP contribution in [0.4, 0.5) is 0 Å². The Balaban J connectivity index is 1.39. The molecule has 28 heavy (non-hydrogen) atoms. The third-order valence-electron chi connectivity index (χ3n) is 5.61. The normalized spacial score (nSPS) is 26.1. The predicted molar refractivity (Wildman–Crippen MR) is 108 cm³/mol. The summed E-state index contributed by atoms with van der Waals surface area (Å²) in [6.07, 6.45) is -0.144. The molecular formula is C19H29N5O3S. The third-order valence-corrected chi connectivity index (χ3v) is 7.58. The first-order valence-corrected chi connectivity index (χ1v) is 11.3. The van der Waals surface area contributed by atoms with E-state index in [9.17, 15) is 8.42 Å². The molecule has 0 saturated carbocycles. The highest BCUT2D eigenvalue weighted by Gasteiger charge is 2.36. The van der Waals surface area contributed by atoms with Crippen LogP contribution in [0.25, 0.3) is 11.0 Å². The number of rotatable bonds is 4. The molecule has 0 bridgehead atoms.